The molecule has 4 unspecified atom stereocenters. The number of aliphatic hydroxyl groups excluding tert-OH is 3. The number of aliphatic imine (C=N–C) groups is 1. The molecule has 2 saturated heterocycles. The predicted octanol–water partition coefficient (Wildman–Crippen LogP) is 6.59. The Kier molecular flexibility index (Phi) is 23.3. The van der Waals surface area contributed by atoms with Gasteiger partial charge in [0.1, 0.15) is 17.8 Å². The van der Waals surface area contributed by atoms with Crippen molar-refractivity contribution in [2.24, 2.45) is 28.7 Å². The zero-order valence-electron chi connectivity index (χ0n) is 33.5. The SMILES string of the molecule is C=C1O[C@H](CC)[C@@](C)(O)C(O)C(C)C(=NCC)[C@H](C)C[C@@](C)(OC)C[C@@H](C)[C@H](O)C1C.CC.CC#CC.CO[C@]1(C)CCOC(C)[C@@H]1O. The van der Waals surface area contributed by atoms with Crippen LogP contribution in [0.4, 0.5) is 0 Å². The second-order valence-corrected chi connectivity index (χ2v) is 13.8. The quantitative estimate of drug-likeness (QED) is 0.244. The summed E-state index contributed by atoms with van der Waals surface area (Å²) in [5.41, 5.74) is -1.54. The number of hydrogen-bond donors (Lipinski definition) is 4. The van der Waals surface area contributed by atoms with Gasteiger partial charge in [0.05, 0.1) is 35.3 Å². The van der Waals surface area contributed by atoms with E-state index in [-0.39, 0.29) is 29.8 Å². The normalized spacial score (nSPS) is 40.1. The van der Waals surface area contributed by atoms with Crippen LogP contribution in [0.1, 0.15) is 123 Å². The number of rotatable bonds is 4. The van der Waals surface area contributed by atoms with Crippen molar-refractivity contribution >= 4 is 5.71 Å². The maximum Gasteiger partial charge on any atom is 0.129 e. The molecule has 2 fully saturated rings. The molecule has 0 saturated carbocycles. The molecule has 9 nitrogen and oxygen atoms in total. The van der Waals surface area contributed by atoms with E-state index < -0.39 is 41.2 Å². The highest BCUT2D eigenvalue weighted by Gasteiger charge is 2.46. The van der Waals surface area contributed by atoms with E-state index in [1.165, 1.54) is 0 Å². The van der Waals surface area contributed by atoms with E-state index in [0.717, 1.165) is 12.1 Å². The molecule has 0 aromatic heterocycles. The van der Waals surface area contributed by atoms with Crippen LogP contribution >= 0.6 is 0 Å². The topological polar surface area (TPSA) is 130 Å². The summed E-state index contributed by atoms with van der Waals surface area (Å²) in [6.45, 7) is 32.2. The van der Waals surface area contributed by atoms with Crippen molar-refractivity contribution in [1.29, 1.82) is 0 Å². The average Bonchev–Trinajstić information content (AvgIpc) is 3.07. The molecule has 0 spiro atoms. The summed E-state index contributed by atoms with van der Waals surface area (Å²) in [6, 6.07) is 0. The Morgan fingerprint density at radius 1 is 0.896 bits per heavy atom. The minimum Gasteiger partial charge on any atom is -0.492 e. The molecule has 0 aliphatic carbocycles. The second kappa shape index (κ2) is 23.1. The van der Waals surface area contributed by atoms with E-state index in [0.29, 0.717) is 38.2 Å². The van der Waals surface area contributed by atoms with Gasteiger partial charge in [0.15, 0.2) is 0 Å². The summed E-state index contributed by atoms with van der Waals surface area (Å²) >= 11 is 0. The smallest absolute Gasteiger partial charge is 0.129 e. The van der Waals surface area contributed by atoms with Gasteiger partial charge in [-0.3, -0.25) is 4.99 Å². The van der Waals surface area contributed by atoms with Gasteiger partial charge in [0.2, 0.25) is 0 Å². The monoisotopic (exact) mass is 686 g/mol. The van der Waals surface area contributed by atoms with E-state index in [1.807, 2.05) is 76.2 Å². The molecule has 284 valence electrons. The van der Waals surface area contributed by atoms with Crippen LogP contribution in [0.15, 0.2) is 17.3 Å². The Morgan fingerprint density at radius 2 is 1.44 bits per heavy atom. The zero-order chi connectivity index (χ0) is 38.0. The molecule has 2 aliphatic rings. The van der Waals surface area contributed by atoms with E-state index in [4.69, 9.17) is 23.9 Å². The minimum absolute atomic E-state index is 0.0333. The molecule has 48 heavy (non-hydrogen) atoms. The molecule has 0 aromatic rings. The van der Waals surface area contributed by atoms with Gasteiger partial charge in [-0.15, -0.1) is 11.8 Å². The highest BCUT2D eigenvalue weighted by Crippen LogP contribution is 2.37. The Bertz CT molecular complexity index is 984. The Hall–Kier alpha value is -1.51. The predicted molar refractivity (Wildman–Crippen MR) is 198 cm³/mol. The standard InChI is InChI=1S/C25H47NO5.C8H16O3.C4H6.C2H6/c1-11-20-25(9,29)23(28)18(6)21(26-12-2)15(3)13-24(8,30-10)14-16(4)22(27)17(5)19(7)31-20;1-6-7(9)8(2,10-3)4-5-11-6;1-3-4-2;1-2/h15-18,20,22-23,27-29H,7,11-14H2,1-6,8-10H3;6-7,9H,4-5H2,1-3H3;1-2H3;1-2H3/t15-,16-,17?,18?,20-,22+,23?,24-,25-;6?,7-,8+;;/m10../s1. The Balaban J connectivity index is 0. The van der Waals surface area contributed by atoms with Crippen molar-refractivity contribution < 1.29 is 39.4 Å². The first-order chi connectivity index (χ1) is 22.3. The van der Waals surface area contributed by atoms with Gasteiger partial charge in [-0.25, -0.2) is 0 Å². The number of hydrogen-bond acceptors (Lipinski definition) is 9. The third-order valence-corrected chi connectivity index (χ3v) is 10.1. The molecule has 0 aromatic carbocycles. The first-order valence-corrected chi connectivity index (χ1v) is 18.0. The average molecular weight is 686 g/mol. The van der Waals surface area contributed by atoms with Gasteiger partial charge < -0.3 is 39.4 Å². The second-order valence-electron chi connectivity index (χ2n) is 13.8. The third-order valence-electron chi connectivity index (χ3n) is 10.1. The van der Waals surface area contributed by atoms with E-state index in [2.05, 4.69) is 32.3 Å². The summed E-state index contributed by atoms with van der Waals surface area (Å²) in [5, 5.41) is 43.3. The highest BCUT2D eigenvalue weighted by molar-refractivity contribution is 5.89. The van der Waals surface area contributed by atoms with Gasteiger partial charge in [-0.1, -0.05) is 55.0 Å². The van der Waals surface area contributed by atoms with Gasteiger partial charge in [0.25, 0.3) is 0 Å². The molecule has 2 aliphatic heterocycles. The van der Waals surface area contributed by atoms with Gasteiger partial charge in [-0.2, -0.15) is 0 Å². The van der Waals surface area contributed by atoms with Crippen LogP contribution in [0, 0.1) is 35.5 Å². The van der Waals surface area contributed by atoms with Crippen molar-refractivity contribution in [3.05, 3.63) is 12.3 Å². The lowest BCUT2D eigenvalue weighted by Gasteiger charge is -2.43. The Morgan fingerprint density at radius 3 is 1.85 bits per heavy atom. The van der Waals surface area contributed by atoms with Crippen molar-refractivity contribution in [1.82, 2.24) is 0 Å². The minimum atomic E-state index is -1.52. The zero-order valence-corrected chi connectivity index (χ0v) is 33.5. The first kappa shape index (κ1) is 48.6. The van der Waals surface area contributed by atoms with Gasteiger partial charge >= 0.3 is 0 Å². The number of methoxy groups -OCH3 is 2. The first-order valence-electron chi connectivity index (χ1n) is 18.0. The number of aliphatic hydroxyl groups is 4. The molecular formula is C39H75NO8. The third kappa shape index (κ3) is 14.0. The van der Waals surface area contributed by atoms with Crippen LogP contribution in [0.2, 0.25) is 0 Å². The molecule has 9 heteroatoms. The van der Waals surface area contributed by atoms with Crippen LogP contribution in [-0.4, -0.2) is 101 Å². The summed E-state index contributed by atoms with van der Waals surface area (Å²) in [5.74, 6) is 5.07. The molecule has 0 bridgehead atoms. The van der Waals surface area contributed by atoms with Crippen LogP contribution in [0.5, 0.6) is 0 Å². The molecule has 0 amide bonds. The fourth-order valence-electron chi connectivity index (χ4n) is 6.59. The van der Waals surface area contributed by atoms with Crippen LogP contribution < -0.4 is 0 Å². The maximum absolute atomic E-state index is 11.4. The van der Waals surface area contributed by atoms with Gasteiger partial charge in [0, 0.05) is 51.3 Å². The molecule has 4 N–H and O–H groups in total. The number of ether oxygens (including phenoxy) is 4. The maximum atomic E-state index is 11.4. The van der Waals surface area contributed by atoms with Crippen molar-refractivity contribution in [2.75, 3.05) is 27.4 Å². The molecular weight excluding hydrogens is 610 g/mol. The largest absolute Gasteiger partial charge is 0.492 e. The highest BCUT2D eigenvalue weighted by atomic mass is 16.5. The molecule has 12 atom stereocenters. The molecule has 2 rings (SSSR count). The van der Waals surface area contributed by atoms with E-state index in [9.17, 15) is 20.4 Å². The van der Waals surface area contributed by atoms with Crippen molar-refractivity contribution in [2.45, 2.75) is 170 Å². The number of nitrogens with zero attached hydrogens (tertiary/aromatic N) is 1. The van der Waals surface area contributed by atoms with Crippen molar-refractivity contribution in [3.8, 4) is 11.8 Å². The fraction of sp³-hybridized carbons (Fsp3) is 0.872. The van der Waals surface area contributed by atoms with E-state index in [1.54, 1.807) is 21.1 Å². The van der Waals surface area contributed by atoms with Crippen LogP contribution in [0.25, 0.3) is 0 Å². The van der Waals surface area contributed by atoms with Crippen LogP contribution in [-0.2, 0) is 18.9 Å². The van der Waals surface area contributed by atoms with Crippen LogP contribution in [0.3, 0.4) is 0 Å². The molecule has 2 heterocycles. The Labute approximate surface area is 294 Å². The lowest BCUT2D eigenvalue weighted by Crippen LogP contribution is -2.55. The van der Waals surface area contributed by atoms with Gasteiger partial charge in [-0.05, 0) is 79.6 Å². The fourth-order valence-corrected chi connectivity index (χ4v) is 6.59. The summed E-state index contributed by atoms with van der Waals surface area (Å²) in [7, 11) is 3.33. The van der Waals surface area contributed by atoms with Crippen molar-refractivity contribution in [3.63, 3.8) is 0 Å². The lowest BCUT2D eigenvalue weighted by molar-refractivity contribution is -0.188. The summed E-state index contributed by atoms with van der Waals surface area (Å²) in [4.78, 5) is 4.73. The summed E-state index contributed by atoms with van der Waals surface area (Å²) in [6.07, 6.45) is -0.424. The lowest BCUT2D eigenvalue weighted by atomic mass is 9.74. The molecule has 0 radical (unpaired) electrons. The summed E-state index contributed by atoms with van der Waals surface area (Å²) < 4.78 is 22.5. The van der Waals surface area contributed by atoms with E-state index >= 15 is 0 Å².